The van der Waals surface area contributed by atoms with Gasteiger partial charge in [-0.3, -0.25) is 9.10 Å². The van der Waals surface area contributed by atoms with Crippen LogP contribution in [0.4, 0.5) is 14.5 Å². The number of hydrogen-bond acceptors (Lipinski definition) is 7. The van der Waals surface area contributed by atoms with Gasteiger partial charge in [0, 0.05) is 12.5 Å². The average molecular weight is 526 g/mol. The zero-order valence-electron chi connectivity index (χ0n) is 20.5. The van der Waals surface area contributed by atoms with Crippen molar-refractivity contribution in [3.8, 4) is 11.5 Å². The molecule has 3 rings (SSSR count). The standard InChI is InChI=1S/C25H29F2NO7S/c1-16(29)8-10-19-15-28(36(31,32)20-7-5-6-18(14-20)34-24(26)27)21-12-17(9-11-22(21)33-19)13-23(30)35-25(2,3)4/h5-7,9,11-12,14,19,24H,8,10,13,15H2,1-4H3/t19-/m0/s1. The SMILES string of the molecule is CC(=O)CC[C@H]1CN(S(=O)(=O)c2cccc(OC(F)F)c2)c2cc(CC(=O)OC(C)(C)C)ccc2O1. The molecule has 0 unspecified atom stereocenters. The van der Waals surface area contributed by atoms with Crippen LogP contribution in [-0.2, 0) is 30.8 Å². The van der Waals surface area contributed by atoms with Gasteiger partial charge in [0.2, 0.25) is 0 Å². The normalized spacial score (nSPS) is 15.8. The van der Waals surface area contributed by atoms with Gasteiger partial charge in [-0.2, -0.15) is 8.78 Å². The second-order valence-electron chi connectivity index (χ2n) is 9.44. The van der Waals surface area contributed by atoms with Crippen LogP contribution in [0, 0.1) is 0 Å². The summed E-state index contributed by atoms with van der Waals surface area (Å²) in [4.78, 5) is 23.6. The van der Waals surface area contributed by atoms with E-state index in [9.17, 15) is 26.8 Å². The zero-order chi connectivity index (χ0) is 26.7. The van der Waals surface area contributed by atoms with Gasteiger partial charge in [0.25, 0.3) is 10.0 Å². The van der Waals surface area contributed by atoms with Crippen LogP contribution in [0.5, 0.6) is 11.5 Å². The number of sulfonamides is 1. The molecule has 0 saturated carbocycles. The Labute approximate surface area is 209 Å². The minimum Gasteiger partial charge on any atom is -0.486 e. The van der Waals surface area contributed by atoms with E-state index in [-0.39, 0.29) is 53.7 Å². The number of benzene rings is 2. The first kappa shape index (κ1) is 27.4. The Morgan fingerprint density at radius 2 is 1.89 bits per heavy atom. The number of hydrogen-bond donors (Lipinski definition) is 0. The summed E-state index contributed by atoms with van der Waals surface area (Å²) in [6.07, 6.45) is -0.227. The highest BCUT2D eigenvalue weighted by atomic mass is 32.2. The number of carbonyl (C=O) groups excluding carboxylic acids is 2. The molecule has 1 atom stereocenters. The fourth-order valence-corrected chi connectivity index (χ4v) is 5.23. The fraction of sp³-hybridized carbons (Fsp3) is 0.440. The van der Waals surface area contributed by atoms with E-state index in [0.717, 1.165) is 10.4 Å². The number of nitrogens with zero attached hydrogens (tertiary/aromatic N) is 1. The van der Waals surface area contributed by atoms with Crippen LogP contribution in [-0.4, -0.2) is 45.0 Å². The smallest absolute Gasteiger partial charge is 0.387 e. The van der Waals surface area contributed by atoms with E-state index in [1.54, 1.807) is 32.9 Å². The maximum absolute atomic E-state index is 13.7. The van der Waals surface area contributed by atoms with Crippen LogP contribution in [0.15, 0.2) is 47.4 Å². The molecule has 2 aromatic carbocycles. The number of halogens is 2. The van der Waals surface area contributed by atoms with Gasteiger partial charge < -0.3 is 19.0 Å². The van der Waals surface area contributed by atoms with Crippen molar-refractivity contribution in [2.45, 2.75) is 70.2 Å². The molecule has 1 aliphatic heterocycles. The summed E-state index contributed by atoms with van der Waals surface area (Å²) in [6, 6.07) is 9.55. The number of esters is 1. The maximum Gasteiger partial charge on any atom is 0.387 e. The number of anilines is 1. The molecule has 196 valence electrons. The summed E-state index contributed by atoms with van der Waals surface area (Å²) < 4.78 is 69.5. The molecule has 1 heterocycles. The third kappa shape index (κ3) is 7.16. The molecule has 0 aromatic heterocycles. The summed E-state index contributed by atoms with van der Waals surface area (Å²) in [5.41, 5.74) is 0.0121. The molecule has 0 aliphatic carbocycles. The molecule has 8 nitrogen and oxygen atoms in total. The molecule has 11 heteroatoms. The van der Waals surface area contributed by atoms with Crippen molar-refractivity contribution < 1.29 is 41.0 Å². The van der Waals surface area contributed by atoms with Crippen LogP contribution in [0.3, 0.4) is 0 Å². The van der Waals surface area contributed by atoms with Crippen LogP contribution in [0.2, 0.25) is 0 Å². The third-order valence-electron chi connectivity index (χ3n) is 5.16. The molecule has 0 fully saturated rings. The first-order valence-electron chi connectivity index (χ1n) is 11.3. The number of ether oxygens (including phenoxy) is 3. The fourth-order valence-electron chi connectivity index (χ4n) is 3.69. The van der Waals surface area contributed by atoms with Crippen molar-refractivity contribution in [3.05, 3.63) is 48.0 Å². The summed E-state index contributed by atoms with van der Waals surface area (Å²) in [7, 11) is -4.25. The second kappa shape index (κ2) is 10.8. The third-order valence-corrected chi connectivity index (χ3v) is 6.94. The predicted molar refractivity (Wildman–Crippen MR) is 128 cm³/mol. The van der Waals surface area contributed by atoms with Crippen molar-refractivity contribution >= 4 is 27.5 Å². The number of rotatable bonds is 9. The Kier molecular flexibility index (Phi) is 8.22. The molecule has 0 spiro atoms. The van der Waals surface area contributed by atoms with E-state index in [0.29, 0.717) is 5.56 Å². The molecule has 0 N–H and O–H groups in total. The second-order valence-corrected chi connectivity index (χ2v) is 11.3. The molecule has 2 aromatic rings. The Bertz CT molecular complexity index is 1230. The zero-order valence-corrected chi connectivity index (χ0v) is 21.3. The van der Waals surface area contributed by atoms with Crippen LogP contribution >= 0.6 is 0 Å². The van der Waals surface area contributed by atoms with Gasteiger partial charge in [-0.05, 0) is 63.9 Å². The lowest BCUT2D eigenvalue weighted by Crippen LogP contribution is -2.43. The highest BCUT2D eigenvalue weighted by molar-refractivity contribution is 7.92. The van der Waals surface area contributed by atoms with Gasteiger partial charge in [0.15, 0.2) is 0 Å². The highest BCUT2D eigenvalue weighted by Gasteiger charge is 2.35. The monoisotopic (exact) mass is 525 g/mol. The minimum atomic E-state index is -4.25. The molecular weight excluding hydrogens is 496 g/mol. The van der Waals surface area contributed by atoms with Crippen LogP contribution in [0.25, 0.3) is 0 Å². The Hall–Kier alpha value is -3.21. The predicted octanol–water partition coefficient (Wildman–Crippen LogP) is 4.50. The molecule has 0 saturated heterocycles. The van der Waals surface area contributed by atoms with E-state index in [2.05, 4.69) is 4.74 Å². The number of carbonyl (C=O) groups is 2. The van der Waals surface area contributed by atoms with E-state index in [1.807, 2.05) is 0 Å². The van der Waals surface area contributed by atoms with Gasteiger partial charge in [-0.15, -0.1) is 0 Å². The summed E-state index contributed by atoms with van der Waals surface area (Å²) >= 11 is 0. The molecule has 36 heavy (non-hydrogen) atoms. The lowest BCUT2D eigenvalue weighted by molar-refractivity contribution is -0.153. The number of alkyl halides is 2. The average Bonchev–Trinajstić information content (AvgIpc) is 2.75. The van der Waals surface area contributed by atoms with Crippen molar-refractivity contribution in [3.63, 3.8) is 0 Å². The van der Waals surface area contributed by atoms with E-state index < -0.39 is 34.3 Å². The number of fused-ring (bicyclic) bond motifs is 1. The van der Waals surface area contributed by atoms with Gasteiger partial charge in [-0.25, -0.2) is 8.42 Å². The minimum absolute atomic E-state index is 0.0663. The van der Waals surface area contributed by atoms with Gasteiger partial charge in [-0.1, -0.05) is 12.1 Å². The van der Waals surface area contributed by atoms with Gasteiger partial charge >= 0.3 is 12.6 Å². The Morgan fingerprint density at radius 1 is 1.17 bits per heavy atom. The van der Waals surface area contributed by atoms with Crippen molar-refractivity contribution in [2.75, 3.05) is 10.8 Å². The molecule has 0 bridgehead atoms. The van der Waals surface area contributed by atoms with Crippen LogP contribution < -0.4 is 13.8 Å². The lowest BCUT2D eigenvalue weighted by Gasteiger charge is -2.36. The lowest BCUT2D eigenvalue weighted by atomic mass is 10.1. The summed E-state index contributed by atoms with van der Waals surface area (Å²) in [5, 5.41) is 0. The summed E-state index contributed by atoms with van der Waals surface area (Å²) in [6.45, 7) is 3.44. The van der Waals surface area contributed by atoms with Crippen LogP contribution in [0.1, 0.15) is 46.1 Å². The highest BCUT2D eigenvalue weighted by Crippen LogP contribution is 2.39. The van der Waals surface area contributed by atoms with Gasteiger partial charge in [0.1, 0.15) is 29.0 Å². The maximum atomic E-state index is 13.7. The Balaban J connectivity index is 1.99. The van der Waals surface area contributed by atoms with E-state index in [1.165, 1.54) is 31.2 Å². The Morgan fingerprint density at radius 3 is 2.53 bits per heavy atom. The molecular formula is C25H29F2NO7S. The van der Waals surface area contributed by atoms with E-state index in [4.69, 9.17) is 9.47 Å². The quantitative estimate of drug-likeness (QED) is 0.445. The van der Waals surface area contributed by atoms with Crippen molar-refractivity contribution in [1.82, 2.24) is 0 Å². The topological polar surface area (TPSA) is 99.2 Å². The van der Waals surface area contributed by atoms with Gasteiger partial charge in [0.05, 0.1) is 23.5 Å². The first-order valence-corrected chi connectivity index (χ1v) is 12.8. The summed E-state index contributed by atoms with van der Waals surface area (Å²) in [5.74, 6) is -0.592. The number of Topliss-reactive ketones (excluding diaryl/α,β-unsaturated/α-hetero) is 1. The molecule has 0 amide bonds. The number of ketones is 1. The van der Waals surface area contributed by atoms with Crippen molar-refractivity contribution in [1.29, 1.82) is 0 Å². The molecule has 0 radical (unpaired) electrons. The van der Waals surface area contributed by atoms with Crippen molar-refractivity contribution in [2.24, 2.45) is 0 Å². The van der Waals surface area contributed by atoms with E-state index >= 15 is 0 Å². The molecule has 1 aliphatic rings. The first-order chi connectivity index (χ1) is 16.7. The largest absolute Gasteiger partial charge is 0.486 e.